The molecular formula is C36H68O4. The fourth-order valence-corrected chi connectivity index (χ4v) is 6.09. The smallest absolute Gasteiger partial charge is 0.303 e. The van der Waals surface area contributed by atoms with Gasteiger partial charge < -0.3 is 10.2 Å². The first-order valence-electron chi connectivity index (χ1n) is 17.6. The SMILES string of the molecule is CCC[C@H](CCCCCCCCCCC=CCCCCCCCCCC[C@H](CCC)CCC(=O)O)CCC(=O)O. The van der Waals surface area contributed by atoms with Gasteiger partial charge in [0.15, 0.2) is 0 Å². The normalized spacial score (nSPS) is 13.2. The summed E-state index contributed by atoms with van der Waals surface area (Å²) in [6.07, 6.45) is 38.2. The Hall–Kier alpha value is -1.32. The Morgan fingerprint density at radius 3 is 1.05 bits per heavy atom. The molecule has 0 heterocycles. The van der Waals surface area contributed by atoms with Crippen LogP contribution in [0.2, 0.25) is 0 Å². The molecule has 0 amide bonds. The van der Waals surface area contributed by atoms with Crippen LogP contribution in [0.25, 0.3) is 0 Å². The monoisotopic (exact) mass is 565 g/mol. The molecule has 0 unspecified atom stereocenters. The third-order valence-corrected chi connectivity index (χ3v) is 8.56. The van der Waals surface area contributed by atoms with Crippen molar-refractivity contribution in [3.05, 3.63) is 12.2 Å². The van der Waals surface area contributed by atoms with Gasteiger partial charge in [0.2, 0.25) is 0 Å². The Labute approximate surface area is 249 Å². The molecule has 0 aromatic carbocycles. The zero-order chi connectivity index (χ0) is 29.5. The van der Waals surface area contributed by atoms with Crippen LogP contribution in [0.5, 0.6) is 0 Å². The van der Waals surface area contributed by atoms with Gasteiger partial charge in [-0.05, 0) is 50.4 Å². The third-order valence-electron chi connectivity index (χ3n) is 8.56. The minimum Gasteiger partial charge on any atom is -0.481 e. The van der Waals surface area contributed by atoms with Crippen molar-refractivity contribution in [2.24, 2.45) is 11.8 Å². The van der Waals surface area contributed by atoms with Gasteiger partial charge in [-0.25, -0.2) is 0 Å². The quantitative estimate of drug-likeness (QED) is 0.0629. The molecule has 0 saturated carbocycles. The molecule has 0 aromatic rings. The lowest BCUT2D eigenvalue weighted by molar-refractivity contribution is -0.138. The van der Waals surface area contributed by atoms with Crippen molar-refractivity contribution < 1.29 is 19.8 Å². The Bertz CT molecular complexity index is 535. The van der Waals surface area contributed by atoms with Crippen LogP contribution >= 0.6 is 0 Å². The average Bonchev–Trinajstić information content (AvgIpc) is 2.92. The molecule has 0 aromatic heterocycles. The maximum Gasteiger partial charge on any atom is 0.303 e. The minimum atomic E-state index is -0.647. The lowest BCUT2D eigenvalue weighted by atomic mass is 9.92. The van der Waals surface area contributed by atoms with E-state index in [2.05, 4.69) is 26.0 Å². The van der Waals surface area contributed by atoms with Gasteiger partial charge in [-0.2, -0.15) is 0 Å². The predicted molar refractivity (Wildman–Crippen MR) is 172 cm³/mol. The van der Waals surface area contributed by atoms with Gasteiger partial charge in [-0.3, -0.25) is 9.59 Å². The number of aliphatic carboxylic acids is 2. The van der Waals surface area contributed by atoms with Gasteiger partial charge in [-0.1, -0.05) is 154 Å². The number of unbranched alkanes of at least 4 members (excludes halogenated alkanes) is 16. The first-order chi connectivity index (χ1) is 19.5. The van der Waals surface area contributed by atoms with Crippen molar-refractivity contribution >= 4 is 11.9 Å². The van der Waals surface area contributed by atoms with Crippen LogP contribution in [0.4, 0.5) is 0 Å². The molecule has 0 spiro atoms. The summed E-state index contributed by atoms with van der Waals surface area (Å²) in [5.41, 5.74) is 0. The van der Waals surface area contributed by atoms with Gasteiger partial charge in [0, 0.05) is 12.8 Å². The van der Waals surface area contributed by atoms with Crippen LogP contribution in [0, 0.1) is 11.8 Å². The van der Waals surface area contributed by atoms with Crippen molar-refractivity contribution in [2.45, 2.75) is 194 Å². The Morgan fingerprint density at radius 2 is 0.750 bits per heavy atom. The molecule has 2 N–H and O–H groups in total. The van der Waals surface area contributed by atoms with Crippen molar-refractivity contribution in [3.63, 3.8) is 0 Å². The molecule has 0 aliphatic rings. The number of carboxylic acid groups (broad SMARTS) is 2. The molecule has 0 fully saturated rings. The number of hydrogen-bond donors (Lipinski definition) is 2. The second-order valence-electron chi connectivity index (χ2n) is 12.5. The van der Waals surface area contributed by atoms with Gasteiger partial charge in [0.1, 0.15) is 0 Å². The van der Waals surface area contributed by atoms with E-state index in [-0.39, 0.29) is 0 Å². The van der Waals surface area contributed by atoms with E-state index in [1.54, 1.807) is 0 Å². The number of carboxylic acids is 2. The van der Waals surface area contributed by atoms with E-state index in [9.17, 15) is 9.59 Å². The third kappa shape index (κ3) is 29.7. The predicted octanol–water partition coefficient (Wildman–Crippen LogP) is 11.9. The van der Waals surface area contributed by atoms with Crippen molar-refractivity contribution in [1.29, 1.82) is 0 Å². The Morgan fingerprint density at radius 1 is 0.450 bits per heavy atom. The van der Waals surface area contributed by atoms with Crippen LogP contribution in [0.15, 0.2) is 12.2 Å². The molecule has 4 heteroatoms. The summed E-state index contributed by atoms with van der Waals surface area (Å²) in [6, 6.07) is 0. The summed E-state index contributed by atoms with van der Waals surface area (Å²) in [5, 5.41) is 17.8. The molecule has 0 saturated heterocycles. The lowest BCUT2D eigenvalue weighted by Crippen LogP contribution is -2.04. The molecule has 0 aliphatic carbocycles. The van der Waals surface area contributed by atoms with Gasteiger partial charge in [0.05, 0.1) is 0 Å². The summed E-state index contributed by atoms with van der Waals surface area (Å²) >= 11 is 0. The molecule has 0 bridgehead atoms. The second-order valence-corrected chi connectivity index (χ2v) is 12.5. The zero-order valence-electron chi connectivity index (χ0n) is 26.8. The van der Waals surface area contributed by atoms with E-state index in [0.717, 1.165) is 12.8 Å². The van der Waals surface area contributed by atoms with E-state index in [0.29, 0.717) is 24.7 Å². The molecular weight excluding hydrogens is 496 g/mol. The summed E-state index contributed by atoms with van der Waals surface area (Å²) in [4.78, 5) is 21.6. The number of hydrogen-bond acceptors (Lipinski definition) is 2. The Balaban J connectivity index is 3.39. The second kappa shape index (κ2) is 30.6. The van der Waals surface area contributed by atoms with E-state index in [1.165, 1.54) is 154 Å². The molecule has 40 heavy (non-hydrogen) atoms. The van der Waals surface area contributed by atoms with Crippen LogP contribution < -0.4 is 0 Å². The minimum absolute atomic E-state index is 0.335. The molecule has 0 aliphatic heterocycles. The summed E-state index contributed by atoms with van der Waals surface area (Å²) in [7, 11) is 0. The van der Waals surface area contributed by atoms with E-state index < -0.39 is 11.9 Å². The molecule has 4 nitrogen and oxygen atoms in total. The fourth-order valence-electron chi connectivity index (χ4n) is 6.09. The highest BCUT2D eigenvalue weighted by Crippen LogP contribution is 2.23. The van der Waals surface area contributed by atoms with Crippen LogP contribution in [-0.4, -0.2) is 22.2 Å². The van der Waals surface area contributed by atoms with Gasteiger partial charge in [-0.15, -0.1) is 0 Å². The van der Waals surface area contributed by atoms with Gasteiger partial charge >= 0.3 is 11.9 Å². The van der Waals surface area contributed by atoms with E-state index >= 15 is 0 Å². The maximum absolute atomic E-state index is 10.8. The largest absolute Gasteiger partial charge is 0.481 e. The molecule has 0 rings (SSSR count). The topological polar surface area (TPSA) is 74.6 Å². The van der Waals surface area contributed by atoms with Crippen molar-refractivity contribution in [3.8, 4) is 0 Å². The first kappa shape index (κ1) is 38.7. The number of allylic oxidation sites excluding steroid dienone is 2. The highest BCUT2D eigenvalue weighted by atomic mass is 16.4. The standard InChI is InChI=1S/C36H68O4/c1-3-25-33(29-31-35(37)38)27-23-21-19-17-15-13-11-9-7-5-6-8-10-12-14-16-18-20-22-24-28-34(26-4-2)30-32-36(39)40/h5-6,33-34H,3-4,7-32H2,1-2H3,(H,37,38)(H,39,40)/t33-,34+. The first-order valence-corrected chi connectivity index (χ1v) is 17.6. The highest BCUT2D eigenvalue weighted by Gasteiger charge is 2.11. The molecule has 0 radical (unpaired) electrons. The average molecular weight is 565 g/mol. The van der Waals surface area contributed by atoms with Crippen LogP contribution in [-0.2, 0) is 9.59 Å². The number of rotatable bonds is 32. The molecule has 2 atom stereocenters. The number of carbonyl (C=O) groups is 2. The zero-order valence-corrected chi connectivity index (χ0v) is 26.8. The van der Waals surface area contributed by atoms with Crippen molar-refractivity contribution in [1.82, 2.24) is 0 Å². The summed E-state index contributed by atoms with van der Waals surface area (Å²) in [5.74, 6) is -0.0650. The fraction of sp³-hybridized carbons (Fsp3) is 0.889. The Kier molecular flexibility index (Phi) is 29.6. The lowest BCUT2D eigenvalue weighted by Gasteiger charge is -2.14. The van der Waals surface area contributed by atoms with Crippen molar-refractivity contribution in [2.75, 3.05) is 0 Å². The van der Waals surface area contributed by atoms with Crippen LogP contribution in [0.3, 0.4) is 0 Å². The highest BCUT2D eigenvalue weighted by molar-refractivity contribution is 5.66. The molecule has 236 valence electrons. The summed E-state index contributed by atoms with van der Waals surface area (Å²) < 4.78 is 0. The van der Waals surface area contributed by atoms with Crippen LogP contribution in [0.1, 0.15) is 194 Å². The maximum atomic E-state index is 10.8. The van der Waals surface area contributed by atoms with E-state index in [4.69, 9.17) is 10.2 Å². The summed E-state index contributed by atoms with van der Waals surface area (Å²) in [6.45, 7) is 4.41. The van der Waals surface area contributed by atoms with E-state index in [1.807, 2.05) is 0 Å². The van der Waals surface area contributed by atoms with Gasteiger partial charge in [0.25, 0.3) is 0 Å².